The standard InChI is InChI=1S/C16H18FN3/c17-15-13(11-18)8-9-19-16(15)20-10-4-3-6-12-5-1-2-7-14(12)20/h1-2,5,7-9H,3-4,6,10-11,18H2. The molecule has 3 nitrogen and oxygen atoms in total. The predicted molar refractivity (Wildman–Crippen MR) is 78.5 cm³/mol. The number of benzene rings is 1. The summed E-state index contributed by atoms with van der Waals surface area (Å²) in [6, 6.07) is 9.81. The third-order valence-corrected chi connectivity index (χ3v) is 3.79. The second-order valence-electron chi connectivity index (χ2n) is 5.05. The fourth-order valence-electron chi connectivity index (χ4n) is 2.73. The van der Waals surface area contributed by atoms with Crippen LogP contribution in [0.25, 0.3) is 0 Å². The highest BCUT2D eigenvalue weighted by Gasteiger charge is 2.21. The number of hydrogen-bond donors (Lipinski definition) is 1. The molecule has 3 rings (SSSR count). The SMILES string of the molecule is NCc1ccnc(N2CCCCc3ccccc32)c1F. The molecule has 0 radical (unpaired) electrons. The van der Waals surface area contributed by atoms with Crippen molar-refractivity contribution in [3.63, 3.8) is 0 Å². The molecule has 20 heavy (non-hydrogen) atoms. The first-order valence-corrected chi connectivity index (χ1v) is 7.00. The highest BCUT2D eigenvalue weighted by molar-refractivity contribution is 5.65. The summed E-state index contributed by atoms with van der Waals surface area (Å²) in [6.45, 7) is 0.978. The minimum atomic E-state index is -0.299. The maximum atomic E-state index is 14.5. The summed E-state index contributed by atoms with van der Waals surface area (Å²) in [5.41, 5.74) is 8.41. The van der Waals surface area contributed by atoms with Crippen LogP contribution in [0.2, 0.25) is 0 Å². The number of hydrogen-bond acceptors (Lipinski definition) is 3. The van der Waals surface area contributed by atoms with Gasteiger partial charge >= 0.3 is 0 Å². The van der Waals surface area contributed by atoms with E-state index < -0.39 is 0 Å². The zero-order valence-electron chi connectivity index (χ0n) is 11.3. The van der Waals surface area contributed by atoms with Gasteiger partial charge in [0, 0.05) is 30.5 Å². The summed E-state index contributed by atoms with van der Waals surface area (Å²) in [6.07, 6.45) is 4.81. The Kier molecular flexibility index (Phi) is 3.65. The molecule has 2 aromatic rings. The van der Waals surface area contributed by atoms with Gasteiger partial charge in [-0.2, -0.15) is 0 Å². The Balaban J connectivity index is 2.10. The molecule has 0 unspecified atom stereocenters. The lowest BCUT2D eigenvalue weighted by Crippen LogP contribution is -2.21. The number of anilines is 2. The molecule has 2 N–H and O–H groups in total. The first-order valence-electron chi connectivity index (χ1n) is 7.00. The summed E-state index contributed by atoms with van der Waals surface area (Å²) >= 11 is 0. The predicted octanol–water partition coefficient (Wildman–Crippen LogP) is 3.15. The fourth-order valence-corrected chi connectivity index (χ4v) is 2.73. The van der Waals surface area contributed by atoms with Crippen LogP contribution in [0.15, 0.2) is 36.5 Å². The van der Waals surface area contributed by atoms with Gasteiger partial charge in [0.15, 0.2) is 11.6 Å². The number of para-hydroxylation sites is 1. The number of aromatic nitrogens is 1. The lowest BCUT2D eigenvalue weighted by molar-refractivity contribution is 0.600. The lowest BCUT2D eigenvalue weighted by Gasteiger charge is -2.24. The van der Waals surface area contributed by atoms with Gasteiger partial charge < -0.3 is 10.6 Å². The second-order valence-corrected chi connectivity index (χ2v) is 5.05. The van der Waals surface area contributed by atoms with E-state index in [4.69, 9.17) is 5.73 Å². The first kappa shape index (κ1) is 13.1. The molecule has 1 aromatic carbocycles. The van der Waals surface area contributed by atoms with Crippen molar-refractivity contribution in [1.82, 2.24) is 4.98 Å². The normalized spacial score (nSPS) is 14.8. The van der Waals surface area contributed by atoms with Crippen molar-refractivity contribution < 1.29 is 4.39 Å². The maximum Gasteiger partial charge on any atom is 0.170 e. The number of nitrogens with two attached hydrogens (primary N) is 1. The second kappa shape index (κ2) is 5.59. The highest BCUT2D eigenvalue weighted by Crippen LogP contribution is 2.33. The number of rotatable bonds is 2. The quantitative estimate of drug-likeness (QED) is 0.912. The van der Waals surface area contributed by atoms with Crippen molar-refractivity contribution in [2.45, 2.75) is 25.8 Å². The van der Waals surface area contributed by atoms with Crippen LogP contribution in [0.3, 0.4) is 0 Å². The van der Waals surface area contributed by atoms with Crippen LogP contribution in [-0.4, -0.2) is 11.5 Å². The molecule has 1 aliphatic heterocycles. The molecule has 104 valence electrons. The smallest absolute Gasteiger partial charge is 0.170 e. The van der Waals surface area contributed by atoms with Gasteiger partial charge in [0.05, 0.1) is 0 Å². The average molecular weight is 271 g/mol. The van der Waals surface area contributed by atoms with Crippen LogP contribution < -0.4 is 10.6 Å². The summed E-state index contributed by atoms with van der Waals surface area (Å²) in [7, 11) is 0. The zero-order chi connectivity index (χ0) is 13.9. The average Bonchev–Trinajstić information content (AvgIpc) is 2.70. The molecule has 0 aliphatic carbocycles. The fraction of sp³-hybridized carbons (Fsp3) is 0.312. The Bertz CT molecular complexity index is 612. The Morgan fingerprint density at radius 3 is 2.90 bits per heavy atom. The van der Waals surface area contributed by atoms with Gasteiger partial charge in [-0.15, -0.1) is 0 Å². The number of pyridine rings is 1. The van der Waals surface area contributed by atoms with Crippen molar-refractivity contribution in [1.29, 1.82) is 0 Å². The Morgan fingerprint density at radius 1 is 1.20 bits per heavy atom. The molecule has 0 fully saturated rings. The summed E-state index contributed by atoms with van der Waals surface area (Å²) in [5.74, 6) is 0.0917. The van der Waals surface area contributed by atoms with E-state index in [0.29, 0.717) is 11.4 Å². The molecule has 2 heterocycles. The Morgan fingerprint density at radius 2 is 2.05 bits per heavy atom. The van der Waals surface area contributed by atoms with Crippen LogP contribution in [0, 0.1) is 5.82 Å². The van der Waals surface area contributed by atoms with Crippen LogP contribution in [-0.2, 0) is 13.0 Å². The van der Waals surface area contributed by atoms with E-state index in [0.717, 1.165) is 31.5 Å². The third-order valence-electron chi connectivity index (χ3n) is 3.79. The van der Waals surface area contributed by atoms with E-state index in [9.17, 15) is 4.39 Å². The Hall–Kier alpha value is -1.94. The topological polar surface area (TPSA) is 42.1 Å². The summed E-state index contributed by atoms with van der Waals surface area (Å²) in [5, 5.41) is 0. The van der Waals surface area contributed by atoms with Crippen molar-refractivity contribution in [3.05, 3.63) is 53.5 Å². The highest BCUT2D eigenvalue weighted by atomic mass is 19.1. The van der Waals surface area contributed by atoms with Crippen LogP contribution in [0.1, 0.15) is 24.0 Å². The van der Waals surface area contributed by atoms with Gasteiger partial charge in [-0.3, -0.25) is 0 Å². The minimum Gasteiger partial charge on any atom is -0.326 e. The molecule has 1 aromatic heterocycles. The number of halogens is 1. The van der Waals surface area contributed by atoms with Gasteiger partial charge in [-0.05, 0) is 37.0 Å². The molecule has 0 spiro atoms. The van der Waals surface area contributed by atoms with E-state index in [2.05, 4.69) is 11.1 Å². The molecule has 0 amide bonds. The molecular weight excluding hydrogens is 253 g/mol. The van der Waals surface area contributed by atoms with E-state index in [1.165, 1.54) is 5.56 Å². The van der Waals surface area contributed by atoms with Gasteiger partial charge in [-0.1, -0.05) is 18.2 Å². The van der Waals surface area contributed by atoms with Crippen molar-refractivity contribution in [2.24, 2.45) is 5.73 Å². The summed E-state index contributed by atoms with van der Waals surface area (Å²) < 4.78 is 14.5. The van der Waals surface area contributed by atoms with E-state index in [1.807, 2.05) is 23.1 Å². The van der Waals surface area contributed by atoms with Gasteiger partial charge in [0.25, 0.3) is 0 Å². The largest absolute Gasteiger partial charge is 0.326 e. The molecule has 0 saturated carbocycles. The number of aryl methyl sites for hydroxylation is 1. The molecule has 4 heteroatoms. The van der Waals surface area contributed by atoms with E-state index >= 15 is 0 Å². The molecular formula is C16H18FN3. The third kappa shape index (κ3) is 2.27. The van der Waals surface area contributed by atoms with Crippen LogP contribution in [0.4, 0.5) is 15.9 Å². The van der Waals surface area contributed by atoms with E-state index in [-0.39, 0.29) is 12.4 Å². The van der Waals surface area contributed by atoms with Crippen LogP contribution >= 0.6 is 0 Å². The minimum absolute atomic E-state index is 0.191. The first-order chi connectivity index (χ1) is 9.81. The zero-order valence-corrected chi connectivity index (χ0v) is 11.3. The van der Waals surface area contributed by atoms with Crippen molar-refractivity contribution in [3.8, 4) is 0 Å². The van der Waals surface area contributed by atoms with Crippen molar-refractivity contribution in [2.75, 3.05) is 11.4 Å². The van der Waals surface area contributed by atoms with Crippen LogP contribution in [0.5, 0.6) is 0 Å². The molecule has 0 saturated heterocycles. The number of nitrogens with zero attached hydrogens (tertiary/aromatic N) is 2. The van der Waals surface area contributed by atoms with Gasteiger partial charge in [0.1, 0.15) is 0 Å². The monoisotopic (exact) mass is 271 g/mol. The van der Waals surface area contributed by atoms with Gasteiger partial charge in [0.2, 0.25) is 0 Å². The maximum absolute atomic E-state index is 14.5. The molecule has 1 aliphatic rings. The summed E-state index contributed by atoms with van der Waals surface area (Å²) in [4.78, 5) is 6.23. The van der Waals surface area contributed by atoms with E-state index in [1.54, 1.807) is 12.3 Å². The Labute approximate surface area is 118 Å². The number of fused-ring (bicyclic) bond motifs is 1. The molecule has 0 atom stereocenters. The molecule has 0 bridgehead atoms. The van der Waals surface area contributed by atoms with Crippen molar-refractivity contribution >= 4 is 11.5 Å². The lowest BCUT2D eigenvalue weighted by atomic mass is 10.1. The van der Waals surface area contributed by atoms with Gasteiger partial charge in [-0.25, -0.2) is 9.37 Å².